The molecule has 0 spiro atoms. The Morgan fingerprint density at radius 1 is 1.15 bits per heavy atom. The first kappa shape index (κ1) is 14.5. The van der Waals surface area contributed by atoms with Crippen molar-refractivity contribution in [3.05, 3.63) is 29.8 Å². The zero-order valence-corrected chi connectivity index (χ0v) is 11.8. The van der Waals surface area contributed by atoms with Gasteiger partial charge in [-0.2, -0.15) is 0 Å². The second-order valence-electron chi connectivity index (χ2n) is 5.23. The van der Waals surface area contributed by atoms with Gasteiger partial charge in [-0.15, -0.1) is 0 Å². The van der Waals surface area contributed by atoms with Gasteiger partial charge in [0.25, 0.3) is 0 Å². The number of benzene rings is 1. The summed E-state index contributed by atoms with van der Waals surface area (Å²) < 4.78 is 0. The lowest BCUT2D eigenvalue weighted by molar-refractivity contribution is -0.132. The van der Waals surface area contributed by atoms with Gasteiger partial charge in [0.05, 0.1) is 0 Å². The number of ketones is 1. The SMILES string of the molecule is CN1CCN(C(=O)CCC(=O)c2cccc(N)c2)CC1. The minimum atomic E-state index is -0.0280. The number of nitrogen functional groups attached to an aromatic ring is 1. The number of likely N-dealkylation sites (N-methyl/N-ethyl adjacent to an activating group) is 1. The fourth-order valence-electron chi connectivity index (χ4n) is 2.29. The summed E-state index contributed by atoms with van der Waals surface area (Å²) in [5.41, 5.74) is 6.80. The van der Waals surface area contributed by atoms with Gasteiger partial charge in [0.2, 0.25) is 5.91 Å². The van der Waals surface area contributed by atoms with Gasteiger partial charge in [-0.25, -0.2) is 0 Å². The third-order valence-electron chi connectivity index (χ3n) is 3.63. The number of hydrogen-bond acceptors (Lipinski definition) is 4. The number of nitrogens with two attached hydrogens (primary N) is 1. The molecule has 1 aliphatic heterocycles. The third-order valence-corrected chi connectivity index (χ3v) is 3.63. The molecular formula is C15H21N3O2. The van der Waals surface area contributed by atoms with E-state index in [2.05, 4.69) is 4.90 Å². The summed E-state index contributed by atoms with van der Waals surface area (Å²) >= 11 is 0. The van der Waals surface area contributed by atoms with E-state index in [1.54, 1.807) is 24.3 Å². The summed E-state index contributed by atoms with van der Waals surface area (Å²) in [5, 5.41) is 0. The fraction of sp³-hybridized carbons (Fsp3) is 0.467. The van der Waals surface area contributed by atoms with Crippen molar-refractivity contribution >= 4 is 17.4 Å². The smallest absolute Gasteiger partial charge is 0.223 e. The van der Waals surface area contributed by atoms with Gasteiger partial charge in [-0.3, -0.25) is 9.59 Å². The van der Waals surface area contributed by atoms with Crippen LogP contribution in [-0.2, 0) is 4.79 Å². The molecule has 2 N–H and O–H groups in total. The Morgan fingerprint density at radius 2 is 1.85 bits per heavy atom. The third kappa shape index (κ3) is 3.81. The molecule has 20 heavy (non-hydrogen) atoms. The van der Waals surface area contributed by atoms with Gasteiger partial charge >= 0.3 is 0 Å². The first-order chi connectivity index (χ1) is 9.56. The minimum absolute atomic E-state index is 0.0280. The van der Waals surface area contributed by atoms with Gasteiger partial charge in [0, 0.05) is 50.3 Å². The van der Waals surface area contributed by atoms with Gasteiger partial charge in [0.15, 0.2) is 5.78 Å². The second kappa shape index (κ2) is 6.52. The Hall–Kier alpha value is -1.88. The van der Waals surface area contributed by atoms with Crippen LogP contribution < -0.4 is 5.73 Å². The number of anilines is 1. The second-order valence-corrected chi connectivity index (χ2v) is 5.23. The Kier molecular flexibility index (Phi) is 4.74. The van der Waals surface area contributed by atoms with Crippen molar-refractivity contribution in [2.45, 2.75) is 12.8 Å². The number of hydrogen-bond donors (Lipinski definition) is 1. The molecule has 0 bridgehead atoms. The molecular weight excluding hydrogens is 254 g/mol. The number of rotatable bonds is 4. The summed E-state index contributed by atoms with van der Waals surface area (Å²) in [7, 11) is 2.05. The fourth-order valence-corrected chi connectivity index (χ4v) is 2.29. The Morgan fingerprint density at radius 3 is 2.50 bits per heavy atom. The van der Waals surface area contributed by atoms with Crippen LogP contribution in [-0.4, -0.2) is 54.7 Å². The maximum atomic E-state index is 12.0. The number of Topliss-reactive ketones (excluding diaryl/α,β-unsaturated/α-hetero) is 1. The molecule has 1 aliphatic rings. The molecule has 1 amide bonds. The molecule has 1 saturated heterocycles. The van der Waals surface area contributed by atoms with Crippen LogP contribution in [0.1, 0.15) is 23.2 Å². The van der Waals surface area contributed by atoms with Crippen molar-refractivity contribution in [1.82, 2.24) is 9.80 Å². The Labute approximate surface area is 119 Å². The molecule has 1 heterocycles. The molecule has 0 saturated carbocycles. The van der Waals surface area contributed by atoms with Crippen LogP contribution in [0.15, 0.2) is 24.3 Å². The lowest BCUT2D eigenvalue weighted by Gasteiger charge is -2.32. The van der Waals surface area contributed by atoms with E-state index in [9.17, 15) is 9.59 Å². The summed E-state index contributed by atoms with van der Waals surface area (Å²) in [6.45, 7) is 3.30. The first-order valence-electron chi connectivity index (χ1n) is 6.91. The van der Waals surface area contributed by atoms with Gasteiger partial charge in [-0.05, 0) is 19.2 Å². The summed E-state index contributed by atoms with van der Waals surface area (Å²) in [4.78, 5) is 28.1. The van der Waals surface area contributed by atoms with Crippen LogP contribution in [0.25, 0.3) is 0 Å². The Balaban J connectivity index is 1.82. The number of carbonyl (C=O) groups excluding carboxylic acids is 2. The molecule has 1 fully saturated rings. The molecule has 2 rings (SSSR count). The molecule has 1 aromatic carbocycles. The minimum Gasteiger partial charge on any atom is -0.399 e. The van der Waals surface area contributed by atoms with Crippen LogP contribution >= 0.6 is 0 Å². The van der Waals surface area contributed by atoms with Crippen LogP contribution in [0.5, 0.6) is 0 Å². The van der Waals surface area contributed by atoms with Crippen LogP contribution in [0, 0.1) is 0 Å². The van der Waals surface area contributed by atoms with Crippen molar-refractivity contribution in [2.75, 3.05) is 39.0 Å². The van der Waals surface area contributed by atoms with Gasteiger partial charge < -0.3 is 15.5 Å². The normalized spacial score (nSPS) is 16.1. The average Bonchev–Trinajstić information content (AvgIpc) is 2.45. The number of carbonyl (C=O) groups is 2. The van der Waals surface area contributed by atoms with Crippen molar-refractivity contribution < 1.29 is 9.59 Å². The van der Waals surface area contributed by atoms with E-state index < -0.39 is 0 Å². The largest absolute Gasteiger partial charge is 0.399 e. The van der Waals surface area contributed by atoms with Gasteiger partial charge in [-0.1, -0.05) is 12.1 Å². The number of amides is 1. The van der Waals surface area contributed by atoms with E-state index in [0.29, 0.717) is 11.3 Å². The standard InChI is InChI=1S/C15H21N3O2/c1-17-7-9-18(10-8-17)15(20)6-5-14(19)12-3-2-4-13(16)11-12/h2-4,11H,5-10,16H2,1H3. The molecule has 0 atom stereocenters. The molecule has 0 aromatic heterocycles. The van der Waals surface area contributed by atoms with Crippen molar-refractivity contribution in [3.63, 3.8) is 0 Å². The quantitative estimate of drug-likeness (QED) is 0.658. The average molecular weight is 275 g/mol. The molecule has 1 aromatic rings. The summed E-state index contributed by atoms with van der Waals surface area (Å²) in [6.07, 6.45) is 0.520. The van der Waals surface area contributed by atoms with Crippen LogP contribution in [0.2, 0.25) is 0 Å². The van der Waals surface area contributed by atoms with E-state index in [4.69, 9.17) is 5.73 Å². The molecule has 5 nitrogen and oxygen atoms in total. The van der Waals surface area contributed by atoms with Gasteiger partial charge in [0.1, 0.15) is 0 Å². The van der Waals surface area contributed by atoms with Crippen molar-refractivity contribution in [3.8, 4) is 0 Å². The van der Waals surface area contributed by atoms with Crippen LogP contribution in [0.4, 0.5) is 5.69 Å². The van der Waals surface area contributed by atoms with Crippen LogP contribution in [0.3, 0.4) is 0 Å². The molecule has 0 unspecified atom stereocenters. The zero-order valence-electron chi connectivity index (χ0n) is 11.8. The van der Waals surface area contributed by atoms with E-state index in [1.807, 2.05) is 11.9 Å². The number of piperazine rings is 1. The summed E-state index contributed by atoms with van der Waals surface area (Å²) in [6, 6.07) is 6.89. The maximum absolute atomic E-state index is 12.0. The highest BCUT2D eigenvalue weighted by molar-refractivity contribution is 5.98. The predicted octanol–water partition coefficient (Wildman–Crippen LogP) is 1.01. The monoisotopic (exact) mass is 275 g/mol. The van der Waals surface area contributed by atoms with E-state index >= 15 is 0 Å². The van der Waals surface area contributed by atoms with E-state index in [1.165, 1.54) is 0 Å². The first-order valence-corrected chi connectivity index (χ1v) is 6.91. The highest BCUT2D eigenvalue weighted by atomic mass is 16.2. The Bertz CT molecular complexity index is 494. The summed E-state index contributed by atoms with van der Waals surface area (Å²) in [5.74, 6) is 0.0372. The topological polar surface area (TPSA) is 66.6 Å². The number of nitrogens with zero attached hydrogens (tertiary/aromatic N) is 2. The molecule has 0 radical (unpaired) electrons. The van der Waals surface area contributed by atoms with Crippen molar-refractivity contribution in [2.24, 2.45) is 0 Å². The zero-order chi connectivity index (χ0) is 14.5. The predicted molar refractivity (Wildman–Crippen MR) is 78.5 cm³/mol. The highest BCUT2D eigenvalue weighted by Gasteiger charge is 2.19. The highest BCUT2D eigenvalue weighted by Crippen LogP contribution is 2.11. The van der Waals surface area contributed by atoms with Crippen molar-refractivity contribution in [1.29, 1.82) is 0 Å². The molecule has 5 heteroatoms. The molecule has 108 valence electrons. The molecule has 0 aliphatic carbocycles. The lowest BCUT2D eigenvalue weighted by atomic mass is 10.1. The lowest BCUT2D eigenvalue weighted by Crippen LogP contribution is -2.47. The van der Waals surface area contributed by atoms with E-state index in [-0.39, 0.29) is 24.5 Å². The maximum Gasteiger partial charge on any atom is 0.223 e. The van der Waals surface area contributed by atoms with E-state index in [0.717, 1.165) is 26.2 Å².